The highest BCUT2D eigenvalue weighted by Gasteiger charge is 1.96. The lowest BCUT2D eigenvalue weighted by atomic mass is 10.2. The van der Waals surface area contributed by atoms with Crippen molar-refractivity contribution in [1.29, 1.82) is 0 Å². The number of hydrogen-bond acceptors (Lipinski definition) is 3. The lowest BCUT2D eigenvalue weighted by Crippen LogP contribution is -2.03. The van der Waals surface area contributed by atoms with Gasteiger partial charge < -0.3 is 9.47 Å². The van der Waals surface area contributed by atoms with Crippen molar-refractivity contribution in [2.75, 3.05) is 6.79 Å². The van der Waals surface area contributed by atoms with E-state index < -0.39 is 0 Å². The maximum Gasteiger partial charge on any atom is 0.189 e. The number of nitrogens with zero attached hydrogens (tertiary/aromatic N) is 1. The molecule has 0 radical (unpaired) electrons. The summed E-state index contributed by atoms with van der Waals surface area (Å²) in [7, 11) is 0. The van der Waals surface area contributed by atoms with E-state index in [0.717, 1.165) is 11.3 Å². The predicted molar refractivity (Wildman–Crippen MR) is 70.5 cm³/mol. The molecule has 0 aliphatic rings. The zero-order valence-electron chi connectivity index (χ0n) is 9.88. The van der Waals surface area contributed by atoms with Gasteiger partial charge in [-0.15, -0.1) is 11.6 Å². The van der Waals surface area contributed by atoms with Gasteiger partial charge in [-0.1, -0.05) is 30.3 Å². The second-order valence-electron chi connectivity index (χ2n) is 3.72. The summed E-state index contributed by atoms with van der Waals surface area (Å²) in [4.78, 5) is 4.12. The third-order valence-electron chi connectivity index (χ3n) is 2.35. The first-order chi connectivity index (χ1) is 8.88. The fourth-order valence-corrected chi connectivity index (χ4v) is 1.58. The monoisotopic (exact) mass is 263 g/mol. The van der Waals surface area contributed by atoms with Crippen LogP contribution in [-0.2, 0) is 17.2 Å². The third-order valence-corrected chi connectivity index (χ3v) is 2.63. The summed E-state index contributed by atoms with van der Waals surface area (Å²) in [6, 6.07) is 13.6. The molecule has 0 saturated heterocycles. The van der Waals surface area contributed by atoms with Crippen LogP contribution in [0.2, 0.25) is 0 Å². The number of hydrogen-bond donors (Lipinski definition) is 0. The van der Waals surface area contributed by atoms with Crippen LogP contribution in [0, 0.1) is 0 Å². The van der Waals surface area contributed by atoms with Gasteiger partial charge in [0.1, 0.15) is 5.75 Å². The topological polar surface area (TPSA) is 31.4 Å². The standard InChI is InChI=1S/C14H14ClNO2/c15-8-13-6-7-14(9-16-13)18-11-17-10-12-4-2-1-3-5-12/h1-7,9H,8,10-11H2. The average molecular weight is 264 g/mol. The Balaban J connectivity index is 1.72. The summed E-state index contributed by atoms with van der Waals surface area (Å²) >= 11 is 5.65. The molecule has 94 valence electrons. The molecule has 3 nitrogen and oxygen atoms in total. The van der Waals surface area contributed by atoms with E-state index in [2.05, 4.69) is 4.98 Å². The van der Waals surface area contributed by atoms with Crippen LogP contribution in [0.15, 0.2) is 48.7 Å². The number of pyridine rings is 1. The molecule has 0 saturated carbocycles. The van der Waals surface area contributed by atoms with E-state index in [4.69, 9.17) is 21.1 Å². The number of halogens is 1. The summed E-state index contributed by atoms with van der Waals surface area (Å²) in [6.07, 6.45) is 1.64. The number of alkyl halides is 1. The van der Waals surface area contributed by atoms with Crippen LogP contribution < -0.4 is 4.74 Å². The third kappa shape index (κ3) is 4.02. The number of rotatable bonds is 6. The molecule has 2 aromatic rings. The molecule has 18 heavy (non-hydrogen) atoms. The van der Waals surface area contributed by atoms with Crippen molar-refractivity contribution >= 4 is 11.6 Å². The van der Waals surface area contributed by atoms with Gasteiger partial charge in [-0.05, 0) is 17.7 Å². The Morgan fingerprint density at radius 2 is 1.89 bits per heavy atom. The first kappa shape index (κ1) is 12.9. The number of aromatic nitrogens is 1. The molecule has 1 aromatic heterocycles. The molecule has 0 fully saturated rings. The van der Waals surface area contributed by atoms with E-state index in [1.165, 1.54) is 0 Å². The lowest BCUT2D eigenvalue weighted by molar-refractivity contribution is 0.00484. The smallest absolute Gasteiger partial charge is 0.189 e. The van der Waals surface area contributed by atoms with Crippen molar-refractivity contribution in [3.8, 4) is 5.75 Å². The molecule has 0 unspecified atom stereocenters. The van der Waals surface area contributed by atoms with Gasteiger partial charge >= 0.3 is 0 Å². The Bertz CT molecular complexity index is 459. The Hall–Kier alpha value is -1.58. The molecular weight excluding hydrogens is 250 g/mol. The van der Waals surface area contributed by atoms with Crippen LogP contribution in [0.5, 0.6) is 5.75 Å². The van der Waals surface area contributed by atoms with Gasteiger partial charge in [0.15, 0.2) is 6.79 Å². The van der Waals surface area contributed by atoms with Crippen LogP contribution in [0.1, 0.15) is 11.3 Å². The second-order valence-corrected chi connectivity index (χ2v) is 3.98. The molecule has 0 amide bonds. The molecule has 0 aliphatic heterocycles. The normalized spacial score (nSPS) is 10.3. The minimum Gasteiger partial charge on any atom is -0.466 e. The Morgan fingerprint density at radius 1 is 1.06 bits per heavy atom. The molecule has 4 heteroatoms. The summed E-state index contributed by atoms with van der Waals surface area (Å²) in [5.41, 5.74) is 1.95. The van der Waals surface area contributed by atoms with Gasteiger partial charge in [-0.25, -0.2) is 0 Å². The molecule has 0 aliphatic carbocycles. The van der Waals surface area contributed by atoms with Crippen molar-refractivity contribution in [3.63, 3.8) is 0 Å². The van der Waals surface area contributed by atoms with Gasteiger partial charge in [0.2, 0.25) is 0 Å². The number of benzene rings is 1. The van der Waals surface area contributed by atoms with Crippen LogP contribution in [0.3, 0.4) is 0 Å². The largest absolute Gasteiger partial charge is 0.466 e. The second kappa shape index (κ2) is 6.99. The van der Waals surface area contributed by atoms with Gasteiger partial charge in [0.05, 0.1) is 24.4 Å². The zero-order valence-corrected chi connectivity index (χ0v) is 10.6. The van der Waals surface area contributed by atoms with E-state index in [1.807, 2.05) is 42.5 Å². The van der Waals surface area contributed by atoms with Crippen LogP contribution in [0.25, 0.3) is 0 Å². The Morgan fingerprint density at radius 3 is 2.56 bits per heavy atom. The van der Waals surface area contributed by atoms with Crippen molar-refractivity contribution < 1.29 is 9.47 Å². The Labute approximate surface area is 111 Å². The van der Waals surface area contributed by atoms with Crippen LogP contribution >= 0.6 is 11.6 Å². The van der Waals surface area contributed by atoms with Crippen LogP contribution in [-0.4, -0.2) is 11.8 Å². The fourth-order valence-electron chi connectivity index (χ4n) is 1.42. The molecule has 2 rings (SSSR count). The summed E-state index contributed by atoms with van der Waals surface area (Å²) in [5.74, 6) is 1.09. The molecule has 0 bridgehead atoms. The van der Waals surface area contributed by atoms with E-state index in [0.29, 0.717) is 18.2 Å². The molecule has 1 heterocycles. The van der Waals surface area contributed by atoms with E-state index in [9.17, 15) is 0 Å². The quantitative estimate of drug-likeness (QED) is 0.455. The molecule has 0 spiro atoms. The van der Waals surface area contributed by atoms with Crippen molar-refractivity contribution in [2.45, 2.75) is 12.5 Å². The summed E-state index contributed by atoms with van der Waals surface area (Å²) in [5, 5.41) is 0. The predicted octanol–water partition coefficient (Wildman–Crippen LogP) is 3.37. The summed E-state index contributed by atoms with van der Waals surface area (Å²) in [6.45, 7) is 0.741. The molecule has 0 atom stereocenters. The first-order valence-corrected chi connectivity index (χ1v) is 6.17. The van der Waals surface area contributed by atoms with Crippen molar-refractivity contribution in [1.82, 2.24) is 4.98 Å². The summed E-state index contributed by atoms with van der Waals surface area (Å²) < 4.78 is 10.8. The van der Waals surface area contributed by atoms with E-state index >= 15 is 0 Å². The van der Waals surface area contributed by atoms with Crippen molar-refractivity contribution in [3.05, 3.63) is 59.9 Å². The van der Waals surface area contributed by atoms with Crippen molar-refractivity contribution in [2.24, 2.45) is 0 Å². The lowest BCUT2D eigenvalue weighted by Gasteiger charge is -2.07. The Kier molecular flexibility index (Phi) is 5.00. The maximum absolute atomic E-state index is 5.65. The highest BCUT2D eigenvalue weighted by molar-refractivity contribution is 6.16. The molecular formula is C14H14ClNO2. The SMILES string of the molecule is ClCc1ccc(OCOCc2ccccc2)cn1. The highest BCUT2D eigenvalue weighted by atomic mass is 35.5. The average Bonchev–Trinajstić information content (AvgIpc) is 2.45. The zero-order chi connectivity index (χ0) is 12.6. The minimum absolute atomic E-state index is 0.205. The van der Waals surface area contributed by atoms with Crippen LogP contribution in [0.4, 0.5) is 0 Å². The first-order valence-electron chi connectivity index (χ1n) is 5.64. The maximum atomic E-state index is 5.65. The van der Waals surface area contributed by atoms with Gasteiger partial charge in [-0.2, -0.15) is 0 Å². The fraction of sp³-hybridized carbons (Fsp3) is 0.214. The van der Waals surface area contributed by atoms with E-state index in [-0.39, 0.29) is 6.79 Å². The number of ether oxygens (including phenoxy) is 2. The molecule has 0 N–H and O–H groups in total. The van der Waals surface area contributed by atoms with Gasteiger partial charge in [0, 0.05) is 0 Å². The van der Waals surface area contributed by atoms with Gasteiger partial charge in [-0.3, -0.25) is 4.98 Å². The molecule has 1 aromatic carbocycles. The van der Waals surface area contributed by atoms with E-state index in [1.54, 1.807) is 6.20 Å². The highest BCUT2D eigenvalue weighted by Crippen LogP contribution is 2.10. The van der Waals surface area contributed by atoms with Gasteiger partial charge in [0.25, 0.3) is 0 Å². The minimum atomic E-state index is 0.205.